The van der Waals surface area contributed by atoms with Crippen LogP contribution in [-0.4, -0.2) is 45.6 Å². The molecule has 9 heteroatoms. The maximum Gasteiger partial charge on any atom is 0.381 e. The standard InChI is InChI=1S/C23H27N2O6P/c1-15(2)30-32(29,31-16(3)4)21(24-28)20(14-17-10-6-5-7-11-17)25-22(26)18-12-8-9-13-19(18)23(25)27/h5-13,15-16,20,28H,14H2,1-4H3/b24-21-. The third-order valence-electron chi connectivity index (χ3n) is 4.79. The van der Waals surface area contributed by atoms with Gasteiger partial charge in [-0.05, 0) is 51.8 Å². The van der Waals surface area contributed by atoms with E-state index >= 15 is 0 Å². The summed E-state index contributed by atoms with van der Waals surface area (Å²) >= 11 is 0. The van der Waals surface area contributed by atoms with E-state index in [2.05, 4.69) is 5.16 Å². The Hall–Kier alpha value is -2.80. The van der Waals surface area contributed by atoms with E-state index in [0.717, 1.165) is 10.5 Å². The molecule has 1 heterocycles. The van der Waals surface area contributed by atoms with Crippen molar-refractivity contribution >= 4 is 24.9 Å². The van der Waals surface area contributed by atoms with Gasteiger partial charge in [-0.25, -0.2) is 0 Å². The van der Waals surface area contributed by atoms with Crippen LogP contribution in [0.25, 0.3) is 0 Å². The molecule has 2 aromatic rings. The third kappa shape index (κ3) is 4.83. The number of nitrogens with zero attached hydrogens (tertiary/aromatic N) is 2. The van der Waals surface area contributed by atoms with Crippen molar-refractivity contribution in [2.24, 2.45) is 5.16 Å². The molecule has 1 aliphatic rings. The molecule has 32 heavy (non-hydrogen) atoms. The van der Waals surface area contributed by atoms with Crippen LogP contribution in [0.4, 0.5) is 0 Å². The van der Waals surface area contributed by atoms with Crippen molar-refractivity contribution in [3.05, 3.63) is 71.3 Å². The Morgan fingerprint density at radius 1 is 0.906 bits per heavy atom. The van der Waals surface area contributed by atoms with Gasteiger partial charge in [0, 0.05) is 0 Å². The Morgan fingerprint density at radius 3 is 1.81 bits per heavy atom. The molecule has 0 aromatic heterocycles. The summed E-state index contributed by atoms with van der Waals surface area (Å²) < 4.78 is 25.1. The minimum Gasteiger partial charge on any atom is -0.410 e. The minimum absolute atomic E-state index is 0.0681. The molecule has 0 bridgehead atoms. The monoisotopic (exact) mass is 458 g/mol. The largest absolute Gasteiger partial charge is 0.410 e. The Labute approximate surface area is 187 Å². The van der Waals surface area contributed by atoms with E-state index in [9.17, 15) is 19.4 Å². The zero-order valence-corrected chi connectivity index (χ0v) is 19.4. The number of rotatable bonds is 9. The highest BCUT2D eigenvalue weighted by molar-refractivity contribution is 7.72. The lowest BCUT2D eigenvalue weighted by Crippen LogP contribution is -2.46. The van der Waals surface area contributed by atoms with Gasteiger partial charge in [-0.1, -0.05) is 47.6 Å². The molecule has 0 aliphatic carbocycles. The molecular weight excluding hydrogens is 431 g/mol. The average molecular weight is 458 g/mol. The number of benzene rings is 2. The van der Waals surface area contributed by atoms with Crippen LogP contribution in [0, 0.1) is 0 Å². The zero-order valence-electron chi connectivity index (χ0n) is 18.5. The van der Waals surface area contributed by atoms with E-state index in [1.165, 1.54) is 0 Å². The lowest BCUT2D eigenvalue weighted by Gasteiger charge is -2.31. The summed E-state index contributed by atoms with van der Waals surface area (Å²) in [6, 6.07) is 14.3. The number of carbonyl (C=O) groups excluding carboxylic acids is 2. The number of amides is 2. The van der Waals surface area contributed by atoms with Crippen LogP contribution < -0.4 is 0 Å². The summed E-state index contributed by atoms with van der Waals surface area (Å²) in [5.41, 5.74) is 0.823. The topological polar surface area (TPSA) is 106 Å². The summed E-state index contributed by atoms with van der Waals surface area (Å²) in [5.74, 6) is -1.12. The zero-order chi connectivity index (χ0) is 23.5. The number of oxime groups is 1. The molecular formula is C23H27N2O6P. The van der Waals surface area contributed by atoms with Gasteiger partial charge >= 0.3 is 7.60 Å². The van der Waals surface area contributed by atoms with Crippen LogP contribution in [0.1, 0.15) is 54.0 Å². The van der Waals surface area contributed by atoms with Crippen molar-refractivity contribution in [1.29, 1.82) is 0 Å². The van der Waals surface area contributed by atoms with Gasteiger partial charge in [-0.15, -0.1) is 0 Å². The summed E-state index contributed by atoms with van der Waals surface area (Å²) in [6.07, 6.45) is -0.995. The smallest absolute Gasteiger partial charge is 0.381 e. The highest BCUT2D eigenvalue weighted by Crippen LogP contribution is 2.54. The highest BCUT2D eigenvalue weighted by Gasteiger charge is 2.48. The predicted octanol–water partition coefficient (Wildman–Crippen LogP) is 4.72. The second-order valence-corrected chi connectivity index (χ2v) is 9.87. The molecule has 1 atom stereocenters. The van der Waals surface area contributed by atoms with Crippen molar-refractivity contribution in [2.45, 2.75) is 52.4 Å². The van der Waals surface area contributed by atoms with E-state index < -0.39 is 43.1 Å². The minimum atomic E-state index is -4.18. The molecule has 0 saturated carbocycles. The number of fused-ring (bicyclic) bond motifs is 1. The van der Waals surface area contributed by atoms with E-state index in [-0.39, 0.29) is 17.5 Å². The van der Waals surface area contributed by atoms with E-state index in [0.29, 0.717) is 0 Å². The summed E-state index contributed by atoms with van der Waals surface area (Å²) in [5, 5.41) is 13.3. The molecule has 2 amide bonds. The van der Waals surface area contributed by atoms with Crippen LogP contribution in [0.5, 0.6) is 0 Å². The molecule has 1 N–H and O–H groups in total. The van der Waals surface area contributed by atoms with E-state index in [4.69, 9.17) is 9.05 Å². The van der Waals surface area contributed by atoms with Crippen LogP contribution in [0.2, 0.25) is 0 Å². The number of hydrogen-bond donors (Lipinski definition) is 1. The summed E-state index contributed by atoms with van der Waals surface area (Å²) in [4.78, 5) is 27.4. The van der Waals surface area contributed by atoms with Crippen molar-refractivity contribution in [2.75, 3.05) is 0 Å². The number of carbonyl (C=O) groups is 2. The van der Waals surface area contributed by atoms with Gasteiger partial charge in [0.2, 0.25) is 0 Å². The normalized spacial score (nSPS) is 15.6. The highest BCUT2D eigenvalue weighted by atomic mass is 31.2. The Bertz CT molecular complexity index is 1020. The van der Waals surface area contributed by atoms with Crippen LogP contribution in [0.15, 0.2) is 59.8 Å². The molecule has 0 radical (unpaired) electrons. The van der Waals surface area contributed by atoms with Crippen LogP contribution in [-0.2, 0) is 20.0 Å². The van der Waals surface area contributed by atoms with E-state index in [1.54, 1.807) is 76.2 Å². The van der Waals surface area contributed by atoms with Gasteiger partial charge in [0.15, 0.2) is 5.45 Å². The number of imide groups is 1. The van der Waals surface area contributed by atoms with Crippen LogP contribution in [0.3, 0.4) is 0 Å². The molecule has 2 aromatic carbocycles. The molecule has 8 nitrogen and oxygen atoms in total. The van der Waals surface area contributed by atoms with Gasteiger partial charge in [-0.3, -0.25) is 19.1 Å². The molecule has 3 rings (SSSR count). The SMILES string of the molecule is CC(C)OP(=O)(OC(C)C)/C(=N\O)C(Cc1ccccc1)N1C(=O)c2ccccc2C1=O. The first-order chi connectivity index (χ1) is 15.2. The van der Waals surface area contributed by atoms with Gasteiger partial charge in [-0.2, -0.15) is 0 Å². The van der Waals surface area contributed by atoms with Gasteiger partial charge in [0.25, 0.3) is 11.8 Å². The molecule has 0 saturated heterocycles. The lowest BCUT2D eigenvalue weighted by molar-refractivity contribution is 0.0624. The lowest BCUT2D eigenvalue weighted by atomic mass is 10.1. The Kier molecular flexibility index (Phi) is 7.29. The van der Waals surface area contributed by atoms with Gasteiger partial charge < -0.3 is 14.3 Å². The molecule has 1 unspecified atom stereocenters. The van der Waals surface area contributed by atoms with E-state index in [1.807, 2.05) is 6.07 Å². The second-order valence-electron chi connectivity index (χ2n) is 8.00. The van der Waals surface area contributed by atoms with Crippen molar-refractivity contribution < 1.29 is 28.4 Å². The fraction of sp³-hybridized carbons (Fsp3) is 0.348. The Morgan fingerprint density at radius 2 is 1.38 bits per heavy atom. The number of hydrogen-bond acceptors (Lipinski definition) is 7. The molecule has 1 aliphatic heterocycles. The predicted molar refractivity (Wildman–Crippen MR) is 120 cm³/mol. The first kappa shape index (κ1) is 23.9. The summed E-state index contributed by atoms with van der Waals surface area (Å²) in [6.45, 7) is 6.66. The fourth-order valence-corrected chi connectivity index (χ4v) is 5.68. The second kappa shape index (κ2) is 9.77. The maximum absolute atomic E-state index is 13.9. The Balaban J connectivity index is 2.13. The van der Waals surface area contributed by atoms with Crippen LogP contribution >= 0.6 is 7.60 Å². The third-order valence-corrected chi connectivity index (χ3v) is 7.14. The van der Waals surface area contributed by atoms with Crippen molar-refractivity contribution in [3.63, 3.8) is 0 Å². The molecule has 0 spiro atoms. The average Bonchev–Trinajstić information content (AvgIpc) is 2.98. The van der Waals surface area contributed by atoms with Crippen molar-refractivity contribution in [1.82, 2.24) is 4.90 Å². The summed E-state index contributed by atoms with van der Waals surface area (Å²) in [7, 11) is -4.18. The quantitative estimate of drug-likeness (QED) is 0.192. The van der Waals surface area contributed by atoms with Gasteiger partial charge in [0.1, 0.15) is 0 Å². The first-order valence-corrected chi connectivity index (χ1v) is 11.9. The van der Waals surface area contributed by atoms with Gasteiger partial charge in [0.05, 0.1) is 29.4 Å². The molecule has 170 valence electrons. The maximum atomic E-state index is 13.9. The molecule has 0 fully saturated rings. The fourth-order valence-electron chi connectivity index (χ4n) is 3.62. The van der Waals surface area contributed by atoms with Crippen molar-refractivity contribution in [3.8, 4) is 0 Å². The first-order valence-electron chi connectivity index (χ1n) is 10.4.